The van der Waals surface area contributed by atoms with E-state index in [1.165, 1.54) is 0 Å². The van der Waals surface area contributed by atoms with Crippen LogP contribution in [0.2, 0.25) is 5.02 Å². The molecule has 0 aliphatic carbocycles. The van der Waals surface area contributed by atoms with Gasteiger partial charge in [0.25, 0.3) is 5.91 Å². The molecular weight excluding hydrogens is 414 g/mol. The van der Waals surface area contributed by atoms with Gasteiger partial charge in [0.1, 0.15) is 17.9 Å². The predicted molar refractivity (Wildman–Crippen MR) is 120 cm³/mol. The molecule has 0 fully saturated rings. The number of pyridine rings is 1. The zero-order valence-electron chi connectivity index (χ0n) is 17.1. The fourth-order valence-electron chi connectivity index (χ4n) is 3.29. The molecule has 0 bridgehead atoms. The van der Waals surface area contributed by atoms with Crippen molar-refractivity contribution >= 4 is 28.4 Å². The number of aromatic amines is 1. The van der Waals surface area contributed by atoms with Crippen LogP contribution in [0.15, 0.2) is 54.9 Å². The van der Waals surface area contributed by atoms with Gasteiger partial charge in [0.2, 0.25) is 0 Å². The van der Waals surface area contributed by atoms with Crippen LogP contribution in [-0.2, 0) is 6.42 Å². The average molecular weight is 436 g/mol. The Morgan fingerprint density at radius 3 is 2.74 bits per heavy atom. The highest BCUT2D eigenvalue weighted by Gasteiger charge is 2.12. The maximum absolute atomic E-state index is 12.6. The zero-order valence-corrected chi connectivity index (χ0v) is 17.8. The Kier molecular flexibility index (Phi) is 6.43. The van der Waals surface area contributed by atoms with Gasteiger partial charge in [-0.05, 0) is 43.7 Å². The number of carbonyl (C=O) groups is 1. The Labute approximate surface area is 184 Å². The van der Waals surface area contributed by atoms with E-state index in [2.05, 4.69) is 20.5 Å². The lowest BCUT2D eigenvalue weighted by Gasteiger charge is -2.12. The standard InChI is InChI=1S/C23H22ClN5O2/c1-2-31-21-13-19(15-5-8-17(24)9-6-15)28-20-12-16(7-10-18(20)21)23(30)25-11-3-4-22-26-14-27-29-22/h5-10,12-14H,2-4,11H2,1H3,(H,25,30)(H,26,27,29). The molecule has 1 amide bonds. The summed E-state index contributed by atoms with van der Waals surface area (Å²) in [6.45, 7) is 3.02. The SMILES string of the molecule is CCOc1cc(-c2ccc(Cl)cc2)nc2cc(C(=O)NCCCc3nnc[nH]3)ccc12. The molecule has 0 radical (unpaired) electrons. The van der Waals surface area contributed by atoms with Gasteiger partial charge in [0, 0.05) is 40.6 Å². The van der Waals surface area contributed by atoms with Gasteiger partial charge in [-0.25, -0.2) is 4.98 Å². The van der Waals surface area contributed by atoms with Crippen LogP contribution >= 0.6 is 11.6 Å². The van der Waals surface area contributed by atoms with Crippen molar-refractivity contribution in [2.75, 3.05) is 13.2 Å². The summed E-state index contributed by atoms with van der Waals surface area (Å²) in [5, 5.41) is 12.2. The van der Waals surface area contributed by atoms with Crippen molar-refractivity contribution in [3.05, 3.63) is 71.3 Å². The number of ether oxygens (including phenoxy) is 1. The van der Waals surface area contributed by atoms with Crippen molar-refractivity contribution in [3.8, 4) is 17.0 Å². The van der Waals surface area contributed by atoms with Crippen molar-refractivity contribution in [1.29, 1.82) is 0 Å². The van der Waals surface area contributed by atoms with Gasteiger partial charge in [-0.15, -0.1) is 10.2 Å². The maximum atomic E-state index is 12.6. The fourth-order valence-corrected chi connectivity index (χ4v) is 3.42. The summed E-state index contributed by atoms with van der Waals surface area (Å²) in [4.78, 5) is 20.4. The fraction of sp³-hybridized carbons (Fsp3) is 0.217. The molecule has 0 unspecified atom stereocenters. The van der Waals surface area contributed by atoms with E-state index in [-0.39, 0.29) is 5.91 Å². The highest BCUT2D eigenvalue weighted by atomic mass is 35.5. The van der Waals surface area contributed by atoms with Crippen molar-refractivity contribution in [2.24, 2.45) is 0 Å². The number of carbonyl (C=O) groups excluding carboxylic acids is 1. The van der Waals surface area contributed by atoms with Crippen LogP contribution in [0.1, 0.15) is 29.5 Å². The van der Waals surface area contributed by atoms with Gasteiger partial charge in [0.15, 0.2) is 0 Å². The van der Waals surface area contributed by atoms with E-state index in [9.17, 15) is 4.79 Å². The second-order valence-electron chi connectivity index (χ2n) is 6.97. The molecule has 2 aromatic heterocycles. The number of aromatic nitrogens is 4. The first kappa shape index (κ1) is 20.8. The van der Waals surface area contributed by atoms with E-state index < -0.39 is 0 Å². The number of amides is 1. The van der Waals surface area contributed by atoms with E-state index in [1.54, 1.807) is 18.5 Å². The summed E-state index contributed by atoms with van der Waals surface area (Å²) < 4.78 is 5.84. The molecule has 4 aromatic rings. The molecule has 0 atom stereocenters. The summed E-state index contributed by atoms with van der Waals surface area (Å²) in [6, 6.07) is 14.9. The molecule has 2 aromatic carbocycles. The summed E-state index contributed by atoms with van der Waals surface area (Å²) in [7, 11) is 0. The summed E-state index contributed by atoms with van der Waals surface area (Å²) in [5.74, 6) is 1.40. The van der Waals surface area contributed by atoms with E-state index in [0.717, 1.165) is 41.1 Å². The number of H-pyrrole nitrogens is 1. The van der Waals surface area contributed by atoms with Crippen LogP contribution in [0.4, 0.5) is 0 Å². The van der Waals surface area contributed by atoms with E-state index in [1.807, 2.05) is 43.3 Å². The van der Waals surface area contributed by atoms with Crippen LogP contribution < -0.4 is 10.1 Å². The maximum Gasteiger partial charge on any atom is 0.251 e. The van der Waals surface area contributed by atoms with Gasteiger partial charge in [-0.1, -0.05) is 23.7 Å². The molecule has 8 heteroatoms. The quantitative estimate of drug-likeness (QED) is 0.399. The van der Waals surface area contributed by atoms with Crippen LogP contribution in [0, 0.1) is 0 Å². The van der Waals surface area contributed by atoms with Crippen molar-refractivity contribution in [3.63, 3.8) is 0 Å². The van der Waals surface area contributed by atoms with Crippen LogP contribution in [0.5, 0.6) is 5.75 Å². The van der Waals surface area contributed by atoms with Crippen molar-refractivity contribution in [1.82, 2.24) is 25.5 Å². The lowest BCUT2D eigenvalue weighted by Crippen LogP contribution is -2.24. The minimum absolute atomic E-state index is 0.142. The Morgan fingerprint density at radius 2 is 2.00 bits per heavy atom. The number of nitrogens with zero attached hydrogens (tertiary/aromatic N) is 3. The highest BCUT2D eigenvalue weighted by molar-refractivity contribution is 6.30. The number of fused-ring (bicyclic) bond motifs is 1. The molecule has 4 rings (SSSR count). The number of halogens is 1. The minimum atomic E-state index is -0.142. The first-order chi connectivity index (χ1) is 15.1. The Morgan fingerprint density at radius 1 is 1.16 bits per heavy atom. The predicted octanol–water partition coefficient (Wildman–Crippen LogP) is 4.43. The number of rotatable bonds is 8. The Bertz CT molecular complexity index is 1180. The smallest absolute Gasteiger partial charge is 0.251 e. The lowest BCUT2D eigenvalue weighted by atomic mass is 10.1. The third kappa shape index (κ3) is 5.00. The molecule has 2 N–H and O–H groups in total. The third-order valence-corrected chi connectivity index (χ3v) is 5.07. The van der Waals surface area contributed by atoms with Gasteiger partial charge < -0.3 is 15.0 Å². The summed E-state index contributed by atoms with van der Waals surface area (Å²) in [6.07, 6.45) is 3.04. The number of benzene rings is 2. The van der Waals surface area contributed by atoms with Crippen LogP contribution in [-0.4, -0.2) is 39.2 Å². The number of hydrogen-bond donors (Lipinski definition) is 2. The first-order valence-corrected chi connectivity index (χ1v) is 10.5. The van der Waals surface area contributed by atoms with Gasteiger partial charge in [-0.3, -0.25) is 4.79 Å². The van der Waals surface area contributed by atoms with Crippen molar-refractivity contribution < 1.29 is 9.53 Å². The van der Waals surface area contributed by atoms with Crippen LogP contribution in [0.25, 0.3) is 22.2 Å². The third-order valence-electron chi connectivity index (χ3n) is 4.82. The molecular formula is C23H22ClN5O2. The molecule has 0 aliphatic heterocycles. The molecule has 2 heterocycles. The number of hydrogen-bond acceptors (Lipinski definition) is 5. The topological polar surface area (TPSA) is 92.8 Å². The minimum Gasteiger partial charge on any atom is -0.493 e. The van der Waals surface area contributed by atoms with Crippen LogP contribution in [0.3, 0.4) is 0 Å². The van der Waals surface area contributed by atoms with E-state index in [0.29, 0.717) is 29.3 Å². The van der Waals surface area contributed by atoms with Gasteiger partial charge >= 0.3 is 0 Å². The average Bonchev–Trinajstić information content (AvgIpc) is 3.30. The molecule has 31 heavy (non-hydrogen) atoms. The summed E-state index contributed by atoms with van der Waals surface area (Å²) >= 11 is 6.01. The van der Waals surface area contributed by atoms with E-state index in [4.69, 9.17) is 21.3 Å². The highest BCUT2D eigenvalue weighted by Crippen LogP contribution is 2.31. The monoisotopic (exact) mass is 435 g/mol. The number of aryl methyl sites for hydroxylation is 1. The molecule has 158 valence electrons. The first-order valence-electron chi connectivity index (χ1n) is 10.1. The zero-order chi connectivity index (χ0) is 21.6. The molecule has 0 saturated carbocycles. The molecule has 0 spiro atoms. The molecule has 0 aliphatic rings. The largest absolute Gasteiger partial charge is 0.493 e. The van der Waals surface area contributed by atoms with Crippen molar-refractivity contribution in [2.45, 2.75) is 19.8 Å². The number of nitrogens with one attached hydrogen (secondary N) is 2. The van der Waals surface area contributed by atoms with Gasteiger partial charge in [0.05, 0.1) is 17.8 Å². The molecule has 0 saturated heterocycles. The normalized spacial score (nSPS) is 10.9. The van der Waals surface area contributed by atoms with Gasteiger partial charge in [-0.2, -0.15) is 0 Å². The lowest BCUT2D eigenvalue weighted by molar-refractivity contribution is 0.0953. The summed E-state index contributed by atoms with van der Waals surface area (Å²) in [5.41, 5.74) is 2.94. The molecule has 7 nitrogen and oxygen atoms in total. The van der Waals surface area contributed by atoms with E-state index >= 15 is 0 Å². The second-order valence-corrected chi connectivity index (χ2v) is 7.41. The second kappa shape index (κ2) is 9.57. The Hall–Kier alpha value is -3.45. The Balaban J connectivity index is 1.56.